The van der Waals surface area contributed by atoms with Crippen LogP contribution in [0, 0.1) is 0 Å². The Labute approximate surface area is 150 Å². The van der Waals surface area contributed by atoms with Crippen LogP contribution in [0.15, 0.2) is 65.6 Å². The van der Waals surface area contributed by atoms with Crippen LogP contribution in [0.3, 0.4) is 0 Å². The zero-order valence-corrected chi connectivity index (χ0v) is 15.0. The van der Waals surface area contributed by atoms with E-state index in [1.165, 1.54) is 0 Å². The fourth-order valence-electron chi connectivity index (χ4n) is 2.47. The molecule has 0 saturated heterocycles. The van der Waals surface area contributed by atoms with Crippen molar-refractivity contribution >= 4 is 17.2 Å². The molecule has 2 heterocycles. The normalized spacial score (nSPS) is 11.4. The molecule has 25 heavy (non-hydrogen) atoms. The molecule has 1 aromatic carbocycles. The molecule has 0 saturated carbocycles. The number of methoxy groups -OCH3 is 2. The number of pyridine rings is 1. The molecule has 0 aliphatic heterocycles. The fraction of sp³-hybridized carbons (Fsp3) is 0.158. The quantitative estimate of drug-likeness (QED) is 0.628. The average molecular weight is 353 g/mol. The highest BCUT2D eigenvalue weighted by atomic mass is 32.1. The number of thiazole rings is 1. The van der Waals surface area contributed by atoms with Crippen LogP contribution in [0.2, 0.25) is 0 Å². The molecule has 0 fully saturated rings. The Kier molecular flexibility index (Phi) is 5.30. The summed E-state index contributed by atoms with van der Waals surface area (Å²) in [6.07, 6.45) is 3.59. The van der Waals surface area contributed by atoms with Crippen LogP contribution in [0.1, 0.15) is 0 Å². The van der Waals surface area contributed by atoms with Gasteiger partial charge >= 0.3 is 0 Å². The molecule has 0 atom stereocenters. The van der Waals surface area contributed by atoms with Gasteiger partial charge in [-0.25, -0.2) is 9.98 Å². The molecule has 0 spiro atoms. The van der Waals surface area contributed by atoms with Crippen molar-refractivity contribution in [2.45, 2.75) is 6.54 Å². The van der Waals surface area contributed by atoms with E-state index in [9.17, 15) is 0 Å². The van der Waals surface area contributed by atoms with Gasteiger partial charge in [-0.1, -0.05) is 12.1 Å². The van der Waals surface area contributed by atoms with Gasteiger partial charge in [0.05, 0.1) is 19.9 Å². The van der Waals surface area contributed by atoms with Crippen molar-refractivity contribution in [3.8, 4) is 22.8 Å². The lowest BCUT2D eigenvalue weighted by molar-refractivity contribution is 0.355. The topological polar surface area (TPSA) is 48.6 Å². The standard InChI is InChI=1S/C19H19N3O2S/c1-4-11-22-15(14-8-9-16(23-2)17(12-14)24-3)13-25-19(22)21-18-7-5-6-10-20-18/h4-10,12-13H,1,11H2,2-3H3. The molecule has 0 bridgehead atoms. The Balaban J connectivity index is 2.12. The van der Waals surface area contributed by atoms with E-state index < -0.39 is 0 Å². The number of aromatic nitrogens is 2. The number of rotatable bonds is 6. The summed E-state index contributed by atoms with van der Waals surface area (Å²) in [5, 5.41) is 2.08. The first-order valence-electron chi connectivity index (χ1n) is 7.74. The van der Waals surface area contributed by atoms with E-state index in [1.54, 1.807) is 31.8 Å². The van der Waals surface area contributed by atoms with Gasteiger partial charge in [0.25, 0.3) is 0 Å². The van der Waals surface area contributed by atoms with Gasteiger partial charge in [-0.15, -0.1) is 17.9 Å². The van der Waals surface area contributed by atoms with Crippen molar-refractivity contribution < 1.29 is 9.47 Å². The minimum Gasteiger partial charge on any atom is -0.493 e. The van der Waals surface area contributed by atoms with Gasteiger partial charge in [0.2, 0.25) is 0 Å². The van der Waals surface area contributed by atoms with Crippen LogP contribution in [-0.2, 0) is 6.54 Å². The maximum atomic E-state index is 5.42. The van der Waals surface area contributed by atoms with Crippen molar-refractivity contribution in [2.24, 2.45) is 4.99 Å². The summed E-state index contributed by atoms with van der Waals surface area (Å²) >= 11 is 1.57. The first kappa shape index (κ1) is 17.0. The largest absolute Gasteiger partial charge is 0.493 e. The third-order valence-electron chi connectivity index (χ3n) is 3.65. The SMILES string of the molecule is C=CCn1c(-c2ccc(OC)c(OC)c2)csc1=Nc1ccccn1. The minimum absolute atomic E-state index is 0.652. The summed E-state index contributed by atoms with van der Waals surface area (Å²) in [5.74, 6) is 2.08. The summed E-state index contributed by atoms with van der Waals surface area (Å²) in [4.78, 5) is 9.78. The second-order valence-electron chi connectivity index (χ2n) is 5.17. The summed E-state index contributed by atoms with van der Waals surface area (Å²) < 4.78 is 12.8. The molecule has 0 radical (unpaired) electrons. The number of allylic oxidation sites excluding steroid dienone is 1. The number of hydrogen-bond donors (Lipinski definition) is 0. The Morgan fingerprint density at radius 2 is 2.04 bits per heavy atom. The van der Waals surface area contributed by atoms with Gasteiger partial charge in [-0.2, -0.15) is 0 Å². The predicted octanol–water partition coefficient (Wildman–Crippen LogP) is 4.05. The Hall–Kier alpha value is -2.86. The third kappa shape index (κ3) is 3.64. The van der Waals surface area contributed by atoms with Crippen LogP contribution < -0.4 is 14.3 Å². The molecule has 0 amide bonds. The van der Waals surface area contributed by atoms with E-state index in [4.69, 9.17) is 9.47 Å². The second-order valence-corrected chi connectivity index (χ2v) is 6.01. The number of benzene rings is 1. The minimum atomic E-state index is 0.652. The lowest BCUT2D eigenvalue weighted by Gasteiger charge is -2.11. The highest BCUT2D eigenvalue weighted by Crippen LogP contribution is 2.32. The highest BCUT2D eigenvalue weighted by Gasteiger charge is 2.11. The molecule has 5 nitrogen and oxygen atoms in total. The van der Waals surface area contributed by atoms with Crippen LogP contribution in [-0.4, -0.2) is 23.8 Å². The maximum absolute atomic E-state index is 5.42. The molecular formula is C19H19N3O2S. The summed E-state index contributed by atoms with van der Waals surface area (Å²) in [6, 6.07) is 11.6. The van der Waals surface area contributed by atoms with Gasteiger partial charge in [0.15, 0.2) is 22.1 Å². The van der Waals surface area contributed by atoms with Crippen molar-refractivity contribution in [1.82, 2.24) is 9.55 Å². The molecule has 0 aliphatic carbocycles. The van der Waals surface area contributed by atoms with Crippen molar-refractivity contribution in [1.29, 1.82) is 0 Å². The molecule has 3 aromatic rings. The van der Waals surface area contributed by atoms with E-state index >= 15 is 0 Å². The van der Waals surface area contributed by atoms with Crippen LogP contribution in [0.4, 0.5) is 5.82 Å². The lowest BCUT2D eigenvalue weighted by atomic mass is 10.1. The summed E-state index contributed by atoms with van der Waals surface area (Å²) in [6.45, 7) is 4.51. The fourth-order valence-corrected chi connectivity index (χ4v) is 3.40. The molecule has 0 unspecified atom stereocenters. The smallest absolute Gasteiger partial charge is 0.192 e. The van der Waals surface area contributed by atoms with E-state index in [0.29, 0.717) is 23.9 Å². The second kappa shape index (κ2) is 7.81. The summed E-state index contributed by atoms with van der Waals surface area (Å²) in [7, 11) is 3.26. The van der Waals surface area contributed by atoms with Gasteiger partial charge in [-0.05, 0) is 30.3 Å². The monoisotopic (exact) mass is 353 g/mol. The molecule has 6 heteroatoms. The zero-order chi connectivity index (χ0) is 17.6. The van der Waals surface area contributed by atoms with Crippen molar-refractivity contribution in [2.75, 3.05) is 14.2 Å². The number of ether oxygens (including phenoxy) is 2. The van der Waals surface area contributed by atoms with E-state index in [1.807, 2.05) is 42.5 Å². The molecular weight excluding hydrogens is 334 g/mol. The van der Waals surface area contributed by atoms with Crippen LogP contribution in [0.25, 0.3) is 11.3 Å². The van der Waals surface area contributed by atoms with Gasteiger partial charge in [0, 0.05) is 23.7 Å². The molecule has 2 aromatic heterocycles. The summed E-state index contributed by atoms with van der Waals surface area (Å²) in [5.41, 5.74) is 2.07. The first-order chi connectivity index (χ1) is 12.3. The van der Waals surface area contributed by atoms with E-state index in [2.05, 4.69) is 26.5 Å². The first-order valence-corrected chi connectivity index (χ1v) is 8.62. The zero-order valence-electron chi connectivity index (χ0n) is 14.2. The molecule has 0 aliphatic rings. The Morgan fingerprint density at radius 1 is 1.20 bits per heavy atom. The lowest BCUT2D eigenvalue weighted by Crippen LogP contribution is -2.15. The molecule has 3 rings (SSSR count). The number of hydrogen-bond acceptors (Lipinski definition) is 5. The van der Waals surface area contributed by atoms with Crippen LogP contribution in [0.5, 0.6) is 11.5 Å². The Bertz CT molecular complexity index is 929. The van der Waals surface area contributed by atoms with Gasteiger partial charge in [-0.3, -0.25) is 0 Å². The Morgan fingerprint density at radius 3 is 2.72 bits per heavy atom. The third-order valence-corrected chi connectivity index (χ3v) is 4.51. The van der Waals surface area contributed by atoms with Gasteiger partial charge in [0.1, 0.15) is 0 Å². The maximum Gasteiger partial charge on any atom is 0.192 e. The van der Waals surface area contributed by atoms with Crippen molar-refractivity contribution in [3.63, 3.8) is 0 Å². The molecule has 128 valence electrons. The van der Waals surface area contributed by atoms with Crippen LogP contribution >= 0.6 is 11.3 Å². The van der Waals surface area contributed by atoms with Crippen molar-refractivity contribution in [3.05, 3.63) is 65.4 Å². The molecule has 0 N–H and O–H groups in total. The van der Waals surface area contributed by atoms with E-state index in [0.717, 1.165) is 16.1 Å². The average Bonchev–Trinajstić information content (AvgIpc) is 3.04. The van der Waals surface area contributed by atoms with Gasteiger partial charge < -0.3 is 14.0 Å². The number of nitrogens with zero attached hydrogens (tertiary/aromatic N) is 3. The highest BCUT2D eigenvalue weighted by molar-refractivity contribution is 7.07. The van der Waals surface area contributed by atoms with E-state index in [-0.39, 0.29) is 0 Å². The predicted molar refractivity (Wildman–Crippen MR) is 101 cm³/mol.